The number of thioether (sulfide) groups is 1. The van der Waals surface area contributed by atoms with Crippen LogP contribution in [0.4, 0.5) is 0 Å². The number of amides is 1. The molecule has 7 nitrogen and oxygen atoms in total. The van der Waals surface area contributed by atoms with Gasteiger partial charge >= 0.3 is 51.4 Å². The Balaban J connectivity index is 0.00000341. The summed E-state index contributed by atoms with van der Waals surface area (Å²) in [5, 5.41) is 16.2. The number of ether oxygens (including phenoxy) is 1. The number of aromatic nitrogens is 1. The van der Waals surface area contributed by atoms with Crippen LogP contribution in [0.5, 0.6) is 0 Å². The van der Waals surface area contributed by atoms with Gasteiger partial charge in [-0.05, 0) is 17.7 Å². The average molecular weight is 529 g/mol. The van der Waals surface area contributed by atoms with Crippen LogP contribution in [0.1, 0.15) is 11.3 Å². The van der Waals surface area contributed by atoms with E-state index < -0.39 is 5.97 Å². The smallest absolute Gasteiger partial charge is 0.550 e. The van der Waals surface area contributed by atoms with Gasteiger partial charge in [0, 0.05) is 43.9 Å². The number of hydrogen-bond donors (Lipinski definition) is 1. The van der Waals surface area contributed by atoms with Gasteiger partial charge in [0.2, 0.25) is 5.91 Å². The third-order valence-corrected chi connectivity index (χ3v) is 7.13. The van der Waals surface area contributed by atoms with Crippen LogP contribution in [0.3, 0.4) is 0 Å². The van der Waals surface area contributed by atoms with E-state index in [9.17, 15) is 14.7 Å². The summed E-state index contributed by atoms with van der Waals surface area (Å²) in [6, 6.07) is 5.61. The molecular formula is C19H20Cl2KN3O4S2. The summed E-state index contributed by atoms with van der Waals surface area (Å²) in [7, 11) is 0. The van der Waals surface area contributed by atoms with Gasteiger partial charge in [-0.15, -0.1) is 11.3 Å². The Labute approximate surface area is 241 Å². The minimum Gasteiger partial charge on any atom is -0.550 e. The van der Waals surface area contributed by atoms with E-state index in [0.29, 0.717) is 39.8 Å². The van der Waals surface area contributed by atoms with Gasteiger partial charge in [-0.3, -0.25) is 9.69 Å². The molecule has 3 rings (SSSR count). The van der Waals surface area contributed by atoms with E-state index in [0.717, 1.165) is 18.7 Å². The second-order valence-corrected chi connectivity index (χ2v) is 9.62. The molecule has 0 unspecified atom stereocenters. The van der Waals surface area contributed by atoms with E-state index >= 15 is 0 Å². The van der Waals surface area contributed by atoms with Crippen molar-refractivity contribution in [1.82, 2.24) is 15.2 Å². The number of aliphatic carboxylic acids is 1. The molecule has 1 amide bonds. The van der Waals surface area contributed by atoms with Gasteiger partial charge in [0.1, 0.15) is 0 Å². The SMILES string of the molecule is O=C([O-])Cc1csc(SCC(=O)NC[C@H]2CN(Cc3ccc(Cl)c(Cl)c3)CCO2)n1.[K+]. The van der Waals surface area contributed by atoms with E-state index in [1.165, 1.54) is 23.1 Å². The topological polar surface area (TPSA) is 94.6 Å². The first-order valence-corrected chi connectivity index (χ1v) is 11.8. The molecule has 1 saturated heterocycles. The third kappa shape index (κ3) is 9.58. The molecule has 1 N–H and O–H groups in total. The largest absolute Gasteiger partial charge is 1.00 e. The first-order valence-electron chi connectivity index (χ1n) is 9.20. The third-order valence-electron chi connectivity index (χ3n) is 4.32. The molecule has 1 fully saturated rings. The van der Waals surface area contributed by atoms with Gasteiger partial charge in [0.05, 0.1) is 34.2 Å². The Bertz CT molecular complexity index is 903. The van der Waals surface area contributed by atoms with Crippen molar-refractivity contribution in [3.8, 4) is 0 Å². The standard InChI is InChI=1S/C19H21Cl2N3O4S2.K/c20-15-2-1-12(5-16(15)21)8-24-3-4-28-14(9-24)7-22-17(25)11-30-19-23-13(10-29-19)6-18(26)27;/h1-2,5,10,14H,3-4,6-9,11H2,(H,22,25)(H,26,27);/q;+1/p-1/t14-;/m0./s1. The maximum absolute atomic E-state index is 12.1. The molecule has 1 aromatic carbocycles. The molecule has 0 bridgehead atoms. The van der Waals surface area contributed by atoms with E-state index in [1.54, 1.807) is 11.4 Å². The first-order chi connectivity index (χ1) is 14.4. The fourth-order valence-corrected chi connectivity index (χ4v) is 4.93. The maximum atomic E-state index is 12.1. The normalized spacial score (nSPS) is 16.5. The van der Waals surface area contributed by atoms with Crippen LogP contribution >= 0.6 is 46.3 Å². The molecule has 0 spiro atoms. The molecule has 1 aliphatic heterocycles. The molecule has 162 valence electrons. The molecule has 31 heavy (non-hydrogen) atoms. The Hall–Kier alpha value is 0.276. The first kappa shape index (κ1) is 27.5. The van der Waals surface area contributed by atoms with Crippen molar-refractivity contribution in [2.75, 3.05) is 32.0 Å². The Morgan fingerprint density at radius 2 is 2.16 bits per heavy atom. The molecule has 0 radical (unpaired) electrons. The molecule has 0 saturated carbocycles. The van der Waals surface area contributed by atoms with Crippen LogP contribution in [0.15, 0.2) is 27.9 Å². The summed E-state index contributed by atoms with van der Waals surface area (Å²) in [6.45, 7) is 3.26. The summed E-state index contributed by atoms with van der Waals surface area (Å²) in [5.74, 6) is -1.09. The monoisotopic (exact) mass is 527 g/mol. The molecule has 2 aromatic rings. The summed E-state index contributed by atoms with van der Waals surface area (Å²) in [6.07, 6.45) is -0.314. The summed E-state index contributed by atoms with van der Waals surface area (Å²) in [5.41, 5.74) is 1.52. The van der Waals surface area contributed by atoms with Gasteiger partial charge in [-0.2, -0.15) is 0 Å². The number of nitrogens with zero attached hydrogens (tertiary/aromatic N) is 2. The Morgan fingerprint density at radius 1 is 1.35 bits per heavy atom. The van der Waals surface area contributed by atoms with Crippen LogP contribution in [0.25, 0.3) is 0 Å². The van der Waals surface area contributed by atoms with Crippen molar-refractivity contribution in [2.24, 2.45) is 0 Å². The Kier molecular flexibility index (Phi) is 12.3. The number of carbonyl (C=O) groups excluding carboxylic acids is 2. The van der Waals surface area contributed by atoms with Crippen molar-refractivity contribution >= 4 is 58.2 Å². The van der Waals surface area contributed by atoms with Crippen molar-refractivity contribution < 1.29 is 70.8 Å². The number of carboxylic acids is 1. The summed E-state index contributed by atoms with van der Waals surface area (Å²) in [4.78, 5) is 29.1. The number of rotatable bonds is 9. The second kappa shape index (κ2) is 13.9. The number of morpholine rings is 1. The number of carboxylic acid groups (broad SMARTS) is 1. The van der Waals surface area contributed by atoms with Crippen LogP contribution in [-0.2, 0) is 27.3 Å². The number of nitrogens with one attached hydrogen (secondary N) is 1. The average Bonchev–Trinajstić information content (AvgIpc) is 3.14. The van der Waals surface area contributed by atoms with E-state index in [4.69, 9.17) is 27.9 Å². The molecule has 0 aliphatic carbocycles. The molecule has 12 heteroatoms. The minimum atomic E-state index is -1.17. The van der Waals surface area contributed by atoms with Gasteiger partial charge in [0.15, 0.2) is 4.34 Å². The molecular weight excluding hydrogens is 508 g/mol. The fraction of sp³-hybridized carbons (Fsp3) is 0.421. The quantitative estimate of drug-likeness (QED) is 0.325. The van der Waals surface area contributed by atoms with Crippen molar-refractivity contribution in [3.63, 3.8) is 0 Å². The van der Waals surface area contributed by atoms with Gasteiger partial charge in [0.25, 0.3) is 0 Å². The molecule has 1 aromatic heterocycles. The number of thiazole rings is 1. The molecule has 1 atom stereocenters. The van der Waals surface area contributed by atoms with E-state index in [2.05, 4.69) is 15.2 Å². The zero-order valence-corrected chi connectivity index (χ0v) is 23.2. The summed E-state index contributed by atoms with van der Waals surface area (Å²) >= 11 is 14.6. The zero-order valence-electron chi connectivity index (χ0n) is 16.9. The van der Waals surface area contributed by atoms with Crippen LogP contribution in [-0.4, -0.2) is 59.9 Å². The van der Waals surface area contributed by atoms with Crippen molar-refractivity contribution in [3.05, 3.63) is 44.9 Å². The van der Waals surface area contributed by atoms with Crippen LogP contribution in [0, 0.1) is 0 Å². The van der Waals surface area contributed by atoms with Crippen molar-refractivity contribution in [2.45, 2.75) is 23.4 Å². The Morgan fingerprint density at radius 3 is 2.90 bits per heavy atom. The predicted octanol–water partition coefficient (Wildman–Crippen LogP) is -1.14. The number of benzene rings is 1. The predicted molar refractivity (Wildman–Crippen MR) is 116 cm³/mol. The molecule has 1 aliphatic rings. The number of hydrogen-bond acceptors (Lipinski definition) is 8. The van der Waals surface area contributed by atoms with E-state index in [-0.39, 0.29) is 75.6 Å². The van der Waals surface area contributed by atoms with Gasteiger partial charge in [-0.25, -0.2) is 4.98 Å². The van der Waals surface area contributed by atoms with Gasteiger partial charge in [-0.1, -0.05) is 41.0 Å². The second-order valence-electron chi connectivity index (χ2n) is 6.72. The summed E-state index contributed by atoms with van der Waals surface area (Å²) < 4.78 is 6.42. The number of halogens is 2. The van der Waals surface area contributed by atoms with Gasteiger partial charge < -0.3 is 20.0 Å². The van der Waals surface area contributed by atoms with Crippen molar-refractivity contribution in [1.29, 1.82) is 0 Å². The molecule has 2 heterocycles. The van der Waals surface area contributed by atoms with Crippen LogP contribution in [0.2, 0.25) is 10.0 Å². The fourth-order valence-electron chi connectivity index (χ4n) is 2.93. The minimum absolute atomic E-state index is 0. The maximum Gasteiger partial charge on any atom is 1.00 e. The zero-order chi connectivity index (χ0) is 21.5. The van der Waals surface area contributed by atoms with Crippen LogP contribution < -0.4 is 61.8 Å². The van der Waals surface area contributed by atoms with E-state index in [1.807, 2.05) is 12.1 Å². The number of carbonyl (C=O) groups is 2.